The second-order valence-corrected chi connectivity index (χ2v) is 12.0. The molecule has 194 valence electrons. The third kappa shape index (κ3) is 7.91. The molecule has 3 aromatic carbocycles. The van der Waals surface area contributed by atoms with Crippen LogP contribution in [0.3, 0.4) is 0 Å². The molecule has 3 aromatic rings. The van der Waals surface area contributed by atoms with Crippen LogP contribution in [-0.4, -0.2) is 31.2 Å². The van der Waals surface area contributed by atoms with Gasteiger partial charge in [-0.3, -0.25) is 9.12 Å². The molecule has 0 saturated heterocycles. The molecule has 10 heteroatoms. The van der Waals surface area contributed by atoms with Crippen molar-refractivity contribution in [3.8, 4) is 23.0 Å². The highest BCUT2D eigenvalue weighted by Crippen LogP contribution is 2.56. The van der Waals surface area contributed by atoms with Gasteiger partial charge in [0.05, 0.1) is 13.2 Å². The second-order valence-electron chi connectivity index (χ2n) is 7.85. The van der Waals surface area contributed by atoms with E-state index in [1.807, 2.05) is 72.8 Å². The van der Waals surface area contributed by atoms with Crippen LogP contribution in [0.1, 0.15) is 32.3 Å². The maximum atomic E-state index is 13.0. The van der Waals surface area contributed by atoms with Crippen LogP contribution >= 0.6 is 7.60 Å². The summed E-state index contributed by atoms with van der Waals surface area (Å²) in [6.07, 6.45) is 0.699. The summed E-state index contributed by atoms with van der Waals surface area (Å²) in [5.41, 5.74) is 0.880. The van der Waals surface area contributed by atoms with Crippen molar-refractivity contribution in [3.05, 3.63) is 84.4 Å². The quantitative estimate of drug-likeness (QED) is 0.173. The minimum absolute atomic E-state index is 0.00184. The van der Waals surface area contributed by atoms with Crippen molar-refractivity contribution in [3.63, 3.8) is 0 Å². The van der Waals surface area contributed by atoms with Crippen LogP contribution in [0.5, 0.6) is 23.0 Å². The highest BCUT2D eigenvalue weighted by molar-refractivity contribution is 7.94. The van der Waals surface area contributed by atoms with Crippen molar-refractivity contribution in [2.24, 2.45) is 0 Å². The fourth-order valence-electron chi connectivity index (χ4n) is 3.64. The van der Waals surface area contributed by atoms with E-state index in [9.17, 15) is 17.5 Å². The van der Waals surface area contributed by atoms with Crippen LogP contribution in [0.4, 0.5) is 0 Å². The molecule has 3 rings (SSSR count). The molecule has 0 saturated carbocycles. The molecule has 0 aliphatic heterocycles. The lowest BCUT2D eigenvalue weighted by Gasteiger charge is -2.24. The summed E-state index contributed by atoms with van der Waals surface area (Å²) >= 11 is 0. The van der Waals surface area contributed by atoms with Gasteiger partial charge in [-0.2, -0.15) is 8.42 Å². The molecule has 0 fully saturated rings. The van der Waals surface area contributed by atoms with Gasteiger partial charge in [0.1, 0.15) is 11.5 Å². The van der Waals surface area contributed by atoms with Gasteiger partial charge in [-0.1, -0.05) is 42.5 Å². The van der Waals surface area contributed by atoms with Gasteiger partial charge in [-0.25, -0.2) is 0 Å². The number of para-hydroxylation sites is 3. The Labute approximate surface area is 212 Å². The van der Waals surface area contributed by atoms with E-state index in [0.29, 0.717) is 35.8 Å². The number of hydrogen-bond acceptors (Lipinski definition) is 7. The lowest BCUT2D eigenvalue weighted by atomic mass is 10.1. The molecule has 8 nitrogen and oxygen atoms in total. The molecule has 0 spiro atoms. The lowest BCUT2D eigenvalue weighted by molar-refractivity contribution is 0.215. The third-order valence-electron chi connectivity index (χ3n) is 5.18. The van der Waals surface area contributed by atoms with E-state index < -0.39 is 22.7 Å². The van der Waals surface area contributed by atoms with Crippen molar-refractivity contribution in [1.29, 1.82) is 0 Å². The van der Waals surface area contributed by atoms with Crippen LogP contribution in [-0.2, 0) is 30.2 Å². The molecular weight excluding hydrogens is 503 g/mol. The summed E-state index contributed by atoms with van der Waals surface area (Å²) in [5.74, 6) is 2.37. The average molecular weight is 535 g/mol. The lowest BCUT2D eigenvalue weighted by Crippen LogP contribution is -2.23. The topological polar surface area (TPSA) is 108 Å². The van der Waals surface area contributed by atoms with Gasteiger partial charge >= 0.3 is 7.60 Å². The van der Waals surface area contributed by atoms with Gasteiger partial charge in [-0.15, -0.1) is 0 Å². The molecule has 0 aliphatic rings. The van der Waals surface area contributed by atoms with E-state index in [0.717, 1.165) is 5.56 Å². The van der Waals surface area contributed by atoms with Crippen LogP contribution < -0.4 is 9.47 Å². The zero-order valence-corrected chi connectivity index (χ0v) is 22.0. The summed E-state index contributed by atoms with van der Waals surface area (Å²) in [5, 5.41) is 0. The Morgan fingerprint density at radius 1 is 0.806 bits per heavy atom. The first kappa shape index (κ1) is 27.9. The van der Waals surface area contributed by atoms with Crippen molar-refractivity contribution in [2.75, 3.05) is 13.2 Å². The van der Waals surface area contributed by atoms with Gasteiger partial charge in [0.2, 0.25) is 0 Å². The maximum Gasteiger partial charge on any atom is 0.351 e. The molecular formula is C26H31O8PS. The van der Waals surface area contributed by atoms with E-state index in [1.54, 1.807) is 19.9 Å². The molecule has 0 bridgehead atoms. The van der Waals surface area contributed by atoms with E-state index in [2.05, 4.69) is 0 Å². The average Bonchev–Trinajstić information content (AvgIpc) is 2.83. The normalized spacial score (nSPS) is 12.8. The molecule has 0 radical (unpaired) electrons. The third-order valence-corrected chi connectivity index (χ3v) is 9.87. The van der Waals surface area contributed by atoms with Crippen molar-refractivity contribution >= 4 is 17.7 Å². The van der Waals surface area contributed by atoms with E-state index in [-0.39, 0.29) is 19.6 Å². The van der Waals surface area contributed by atoms with E-state index >= 15 is 0 Å². The van der Waals surface area contributed by atoms with Crippen LogP contribution in [0, 0.1) is 0 Å². The monoisotopic (exact) mass is 534 g/mol. The number of benzene rings is 3. The standard InChI is InChI=1S/C26H31O8PS/c1-3-31-35(27,32-4-2)26(36(28,29)30)19-11-13-21-12-10-16-23(20-21)34-25-18-9-8-17-24(25)33-22-14-6-5-7-15-22/h5-10,12,14-18,20,26H,3-4,11,13,19H2,1-2H3,(H,28,29,30). The Kier molecular flexibility index (Phi) is 10.1. The molecule has 1 unspecified atom stereocenters. The Morgan fingerprint density at radius 2 is 1.36 bits per heavy atom. The summed E-state index contributed by atoms with van der Waals surface area (Å²) in [6, 6.07) is 24.1. The first-order valence-electron chi connectivity index (χ1n) is 11.7. The highest BCUT2D eigenvalue weighted by atomic mass is 32.2. The van der Waals surface area contributed by atoms with E-state index in [1.165, 1.54) is 0 Å². The molecule has 0 aromatic heterocycles. The first-order valence-corrected chi connectivity index (χ1v) is 14.8. The van der Waals surface area contributed by atoms with E-state index in [4.69, 9.17) is 18.5 Å². The smallest absolute Gasteiger partial charge is 0.351 e. The molecule has 1 atom stereocenters. The van der Waals surface area contributed by atoms with Gasteiger partial charge in [0.25, 0.3) is 10.1 Å². The maximum absolute atomic E-state index is 13.0. The van der Waals surface area contributed by atoms with Crippen molar-refractivity contribution in [2.45, 2.75) is 38.1 Å². The predicted octanol–water partition coefficient (Wildman–Crippen LogP) is 7.07. The second kappa shape index (κ2) is 13.0. The number of aryl methyl sites for hydroxylation is 1. The molecule has 0 aliphatic carbocycles. The minimum Gasteiger partial charge on any atom is -0.453 e. The fourth-order valence-corrected chi connectivity index (χ4v) is 7.40. The SMILES string of the molecule is CCOP(=O)(OCC)C(CCCc1cccc(Oc2ccccc2Oc2ccccc2)c1)S(=O)(=O)O. The van der Waals surface area contributed by atoms with Crippen LogP contribution in [0.15, 0.2) is 78.9 Å². The van der Waals surface area contributed by atoms with Crippen molar-refractivity contribution in [1.82, 2.24) is 0 Å². The Hall–Kier alpha value is -2.68. The zero-order chi connectivity index (χ0) is 26.0. The number of rotatable bonds is 14. The zero-order valence-electron chi connectivity index (χ0n) is 20.3. The molecule has 36 heavy (non-hydrogen) atoms. The summed E-state index contributed by atoms with van der Waals surface area (Å²) in [7, 11) is -8.69. The molecule has 1 N–H and O–H groups in total. The summed E-state index contributed by atoms with van der Waals surface area (Å²) in [6.45, 7) is 3.17. The minimum atomic E-state index is -4.65. The summed E-state index contributed by atoms with van der Waals surface area (Å²) in [4.78, 5) is -1.65. The van der Waals surface area contributed by atoms with Gasteiger partial charge in [0, 0.05) is 0 Å². The van der Waals surface area contributed by atoms with Gasteiger partial charge in [0.15, 0.2) is 16.5 Å². The van der Waals surface area contributed by atoms with Crippen LogP contribution in [0.2, 0.25) is 0 Å². The van der Waals surface area contributed by atoms with Gasteiger partial charge < -0.3 is 18.5 Å². The first-order chi connectivity index (χ1) is 17.2. The number of ether oxygens (including phenoxy) is 2. The highest BCUT2D eigenvalue weighted by Gasteiger charge is 2.44. The predicted molar refractivity (Wildman–Crippen MR) is 139 cm³/mol. The summed E-state index contributed by atoms with van der Waals surface area (Å²) < 4.78 is 69.0. The van der Waals surface area contributed by atoms with Gasteiger partial charge in [-0.05, 0) is 75.1 Å². The van der Waals surface area contributed by atoms with Crippen LogP contribution in [0.25, 0.3) is 0 Å². The fraction of sp³-hybridized carbons (Fsp3) is 0.308. The largest absolute Gasteiger partial charge is 0.453 e. The number of hydrogen-bond donors (Lipinski definition) is 1. The Morgan fingerprint density at radius 3 is 1.94 bits per heavy atom. The molecule has 0 heterocycles. The Balaban J connectivity index is 1.69. The molecule has 0 amide bonds. The van der Waals surface area contributed by atoms with Crippen molar-refractivity contribution < 1.29 is 36.1 Å². The Bertz CT molecular complexity index is 1250.